The van der Waals surface area contributed by atoms with Crippen molar-refractivity contribution in [2.24, 2.45) is 0 Å². The van der Waals surface area contributed by atoms with Crippen molar-refractivity contribution in [1.82, 2.24) is 15.5 Å². The fraction of sp³-hybridized carbons (Fsp3) is 0.286. The molecule has 1 aliphatic heterocycles. The summed E-state index contributed by atoms with van der Waals surface area (Å²) in [4.78, 5) is 26.0. The number of carbonyl (C=O) groups excluding carboxylic acids is 2. The zero-order valence-electron chi connectivity index (χ0n) is 19.5. The molecule has 0 aliphatic carbocycles. The second-order valence-electron chi connectivity index (χ2n) is 8.55. The van der Waals surface area contributed by atoms with Gasteiger partial charge < -0.3 is 20.3 Å². The van der Waals surface area contributed by atoms with Gasteiger partial charge in [-0.2, -0.15) is 0 Å². The van der Waals surface area contributed by atoms with Gasteiger partial charge >= 0.3 is 6.03 Å². The van der Waals surface area contributed by atoms with Crippen molar-refractivity contribution in [2.45, 2.75) is 32.9 Å². The van der Waals surface area contributed by atoms with Crippen molar-refractivity contribution in [3.63, 3.8) is 0 Å². The predicted molar refractivity (Wildman–Crippen MR) is 133 cm³/mol. The lowest BCUT2D eigenvalue weighted by Gasteiger charge is -2.16. The van der Waals surface area contributed by atoms with Gasteiger partial charge in [0.15, 0.2) is 0 Å². The van der Waals surface area contributed by atoms with Crippen molar-refractivity contribution in [3.05, 3.63) is 89.5 Å². The zero-order chi connectivity index (χ0) is 23.8. The molecule has 3 aromatic rings. The maximum absolute atomic E-state index is 12.3. The number of ether oxygens (including phenoxy) is 1. The number of nitrogens with one attached hydrogen (secondary N) is 2. The molecule has 6 nitrogen and oxygen atoms in total. The summed E-state index contributed by atoms with van der Waals surface area (Å²) in [5, 5.41) is 5.77. The molecule has 4 rings (SSSR count). The van der Waals surface area contributed by atoms with Crippen molar-refractivity contribution < 1.29 is 14.3 Å². The number of hydrogen-bond donors (Lipinski definition) is 2. The molecule has 176 valence electrons. The number of nitrogens with zero attached hydrogens (tertiary/aromatic N) is 1. The van der Waals surface area contributed by atoms with Gasteiger partial charge in [-0.1, -0.05) is 60.7 Å². The highest BCUT2D eigenvalue weighted by Gasteiger charge is 2.19. The van der Waals surface area contributed by atoms with Crippen LogP contribution in [0, 0.1) is 6.92 Å². The lowest BCUT2D eigenvalue weighted by atomic mass is 9.98. The van der Waals surface area contributed by atoms with Crippen LogP contribution in [0.4, 0.5) is 4.79 Å². The summed E-state index contributed by atoms with van der Waals surface area (Å²) in [6, 6.07) is 24.0. The Balaban J connectivity index is 1.27. The first-order valence-corrected chi connectivity index (χ1v) is 11.7. The van der Waals surface area contributed by atoms with Crippen molar-refractivity contribution in [1.29, 1.82) is 0 Å². The van der Waals surface area contributed by atoms with E-state index in [2.05, 4.69) is 41.0 Å². The Labute approximate surface area is 200 Å². The number of carbonyl (C=O) groups is 2. The summed E-state index contributed by atoms with van der Waals surface area (Å²) in [6.07, 6.45) is 1.61. The normalized spacial score (nSPS) is 13.1. The van der Waals surface area contributed by atoms with Crippen LogP contribution in [0.2, 0.25) is 0 Å². The van der Waals surface area contributed by atoms with E-state index in [1.54, 1.807) is 0 Å². The van der Waals surface area contributed by atoms with Crippen LogP contribution in [0.25, 0.3) is 11.1 Å². The maximum atomic E-state index is 12.3. The minimum absolute atomic E-state index is 0.228. The number of likely N-dealkylation sites (tertiary alicyclic amines) is 1. The summed E-state index contributed by atoms with van der Waals surface area (Å²) in [6.45, 7) is 4.77. The molecule has 1 saturated heterocycles. The molecule has 34 heavy (non-hydrogen) atoms. The smallest absolute Gasteiger partial charge is 0.315 e. The SMILES string of the molecule is Cc1cccc(OCCNC(=O)NCc2ccccc2-c2ccc(CN3CCCC3=O)cc2)c1. The Morgan fingerprint density at radius 1 is 1.00 bits per heavy atom. The van der Waals surface area contributed by atoms with E-state index in [0.717, 1.165) is 46.5 Å². The molecule has 0 aromatic heterocycles. The van der Waals surface area contributed by atoms with Crippen molar-refractivity contribution in [2.75, 3.05) is 19.7 Å². The summed E-state index contributed by atoms with van der Waals surface area (Å²) >= 11 is 0. The maximum Gasteiger partial charge on any atom is 0.315 e. The first-order valence-electron chi connectivity index (χ1n) is 11.7. The van der Waals surface area contributed by atoms with E-state index < -0.39 is 0 Å². The fourth-order valence-electron chi connectivity index (χ4n) is 4.11. The van der Waals surface area contributed by atoms with Crippen LogP contribution in [0.15, 0.2) is 72.8 Å². The molecule has 0 saturated carbocycles. The van der Waals surface area contributed by atoms with E-state index in [-0.39, 0.29) is 11.9 Å². The van der Waals surface area contributed by atoms with Gasteiger partial charge in [-0.25, -0.2) is 4.79 Å². The van der Waals surface area contributed by atoms with Crippen LogP contribution < -0.4 is 15.4 Å². The molecule has 1 heterocycles. The molecule has 0 radical (unpaired) electrons. The van der Waals surface area contributed by atoms with Crippen LogP contribution in [0.3, 0.4) is 0 Å². The molecule has 0 atom stereocenters. The molecular weight excluding hydrogens is 426 g/mol. The molecule has 6 heteroatoms. The molecule has 2 N–H and O–H groups in total. The second-order valence-corrected chi connectivity index (χ2v) is 8.55. The summed E-state index contributed by atoms with van der Waals surface area (Å²) in [7, 11) is 0. The van der Waals surface area contributed by atoms with Gasteiger partial charge in [0.25, 0.3) is 0 Å². The topological polar surface area (TPSA) is 70.7 Å². The molecule has 0 bridgehead atoms. The average molecular weight is 458 g/mol. The minimum Gasteiger partial charge on any atom is -0.492 e. The Morgan fingerprint density at radius 3 is 2.59 bits per heavy atom. The molecular formula is C28H31N3O3. The standard InChI is InChI=1S/C28H31N3O3/c1-21-6-4-8-25(18-21)34-17-15-29-28(33)30-19-24-7-2-3-9-26(24)23-13-11-22(12-14-23)20-31-16-5-10-27(31)32/h2-4,6-9,11-14,18H,5,10,15-17,19-20H2,1H3,(H2,29,30,33). The Morgan fingerprint density at radius 2 is 1.82 bits per heavy atom. The lowest BCUT2D eigenvalue weighted by Crippen LogP contribution is -2.37. The van der Waals surface area contributed by atoms with E-state index in [1.807, 2.05) is 54.3 Å². The quantitative estimate of drug-likeness (QED) is 0.459. The molecule has 3 amide bonds. The zero-order valence-corrected chi connectivity index (χ0v) is 19.5. The van der Waals surface area contributed by atoms with Crippen LogP contribution in [-0.4, -0.2) is 36.5 Å². The summed E-state index contributed by atoms with van der Waals surface area (Å²) < 4.78 is 5.67. The Kier molecular flexibility index (Phi) is 7.81. The van der Waals surface area contributed by atoms with E-state index >= 15 is 0 Å². The fourth-order valence-corrected chi connectivity index (χ4v) is 4.11. The minimum atomic E-state index is -0.228. The average Bonchev–Trinajstić information content (AvgIpc) is 3.25. The van der Waals surface area contributed by atoms with E-state index in [1.165, 1.54) is 0 Å². The number of benzene rings is 3. The second kappa shape index (κ2) is 11.4. The summed E-state index contributed by atoms with van der Waals surface area (Å²) in [5.41, 5.74) is 5.46. The van der Waals surface area contributed by atoms with Gasteiger partial charge in [0.1, 0.15) is 12.4 Å². The lowest BCUT2D eigenvalue weighted by molar-refractivity contribution is -0.128. The molecule has 1 fully saturated rings. The number of amides is 3. The monoisotopic (exact) mass is 457 g/mol. The van der Waals surface area contributed by atoms with Gasteiger partial charge in [-0.3, -0.25) is 4.79 Å². The van der Waals surface area contributed by atoms with E-state index in [4.69, 9.17) is 4.74 Å². The third-order valence-corrected chi connectivity index (χ3v) is 5.91. The number of rotatable bonds is 9. The Bertz CT molecular complexity index is 1130. The van der Waals surface area contributed by atoms with Crippen LogP contribution in [-0.2, 0) is 17.9 Å². The van der Waals surface area contributed by atoms with Gasteiger partial charge in [0.2, 0.25) is 5.91 Å². The van der Waals surface area contributed by atoms with Crippen molar-refractivity contribution in [3.8, 4) is 16.9 Å². The first-order chi connectivity index (χ1) is 16.6. The predicted octanol–water partition coefficient (Wildman–Crippen LogP) is 4.66. The third kappa shape index (κ3) is 6.38. The van der Waals surface area contributed by atoms with E-state index in [0.29, 0.717) is 32.7 Å². The number of aryl methyl sites for hydroxylation is 1. The highest BCUT2D eigenvalue weighted by molar-refractivity contribution is 5.78. The van der Waals surface area contributed by atoms with Gasteiger partial charge in [-0.05, 0) is 53.3 Å². The van der Waals surface area contributed by atoms with Crippen LogP contribution >= 0.6 is 0 Å². The molecule has 1 aliphatic rings. The largest absolute Gasteiger partial charge is 0.492 e. The first kappa shape index (κ1) is 23.4. The molecule has 3 aromatic carbocycles. The van der Waals surface area contributed by atoms with Crippen LogP contribution in [0.5, 0.6) is 5.75 Å². The highest BCUT2D eigenvalue weighted by Crippen LogP contribution is 2.25. The van der Waals surface area contributed by atoms with Gasteiger partial charge in [0.05, 0.1) is 6.54 Å². The molecule has 0 unspecified atom stereocenters. The van der Waals surface area contributed by atoms with Crippen molar-refractivity contribution >= 4 is 11.9 Å². The molecule has 0 spiro atoms. The number of hydrogen-bond acceptors (Lipinski definition) is 3. The highest BCUT2D eigenvalue weighted by atomic mass is 16.5. The van der Waals surface area contributed by atoms with Gasteiger partial charge in [-0.15, -0.1) is 0 Å². The summed E-state index contributed by atoms with van der Waals surface area (Å²) in [5.74, 6) is 1.04. The van der Waals surface area contributed by atoms with Crippen LogP contribution in [0.1, 0.15) is 29.5 Å². The third-order valence-electron chi connectivity index (χ3n) is 5.91. The van der Waals surface area contributed by atoms with E-state index in [9.17, 15) is 9.59 Å². The van der Waals surface area contributed by atoms with Gasteiger partial charge in [0, 0.05) is 26.1 Å². The Hall–Kier alpha value is -3.80. The number of urea groups is 1.